The summed E-state index contributed by atoms with van der Waals surface area (Å²) in [4.78, 5) is 4.36. The van der Waals surface area contributed by atoms with Gasteiger partial charge in [0, 0.05) is 5.56 Å². The van der Waals surface area contributed by atoms with Crippen molar-refractivity contribution in [2.24, 2.45) is 0 Å². The Bertz CT molecular complexity index is 462. The highest BCUT2D eigenvalue weighted by Crippen LogP contribution is 2.32. The smallest absolute Gasteiger partial charge is 0.0976 e. The lowest BCUT2D eigenvalue weighted by Gasteiger charge is -2.04. The molecule has 72 valence electrons. The van der Waals surface area contributed by atoms with Crippen molar-refractivity contribution in [3.63, 3.8) is 0 Å². The number of rotatable bonds is 1. The van der Waals surface area contributed by atoms with Crippen LogP contribution in [-0.2, 0) is 0 Å². The molecule has 2 rings (SSSR count). The molecule has 2 aromatic rings. The lowest BCUT2D eigenvalue weighted by atomic mass is 10.0. The molecule has 0 aliphatic carbocycles. The van der Waals surface area contributed by atoms with Crippen LogP contribution in [0.5, 0.6) is 0 Å². The Morgan fingerprint density at radius 3 is 2.71 bits per heavy atom. The molecule has 0 radical (unpaired) electrons. The molecule has 0 atom stereocenters. The standard InChI is InChI=1S/C11H10BrNS/c1-7-3-4-8(2)9(5-7)10-11(12)14-6-13-10/h3-6H,1-2H3. The van der Waals surface area contributed by atoms with Crippen LogP contribution in [0.2, 0.25) is 0 Å². The second-order valence-corrected chi connectivity index (χ2v) is 5.47. The van der Waals surface area contributed by atoms with Crippen LogP contribution >= 0.6 is 27.3 Å². The molecule has 0 saturated carbocycles. The Balaban J connectivity index is 2.62. The fourth-order valence-corrected chi connectivity index (χ4v) is 2.49. The highest BCUT2D eigenvalue weighted by Gasteiger charge is 2.08. The van der Waals surface area contributed by atoms with E-state index in [0.717, 1.165) is 9.48 Å². The van der Waals surface area contributed by atoms with E-state index in [2.05, 4.69) is 53.0 Å². The van der Waals surface area contributed by atoms with Gasteiger partial charge in [0.2, 0.25) is 0 Å². The molecular formula is C11H10BrNS. The first-order chi connectivity index (χ1) is 6.68. The zero-order valence-corrected chi connectivity index (χ0v) is 10.4. The monoisotopic (exact) mass is 267 g/mol. The maximum absolute atomic E-state index is 4.36. The van der Waals surface area contributed by atoms with E-state index in [4.69, 9.17) is 0 Å². The Morgan fingerprint density at radius 2 is 2.07 bits per heavy atom. The molecule has 0 unspecified atom stereocenters. The van der Waals surface area contributed by atoms with Crippen molar-refractivity contribution in [2.45, 2.75) is 13.8 Å². The summed E-state index contributed by atoms with van der Waals surface area (Å²) in [5, 5.41) is 0. The number of thiazole rings is 1. The third-order valence-electron chi connectivity index (χ3n) is 2.17. The minimum Gasteiger partial charge on any atom is -0.243 e. The molecule has 0 fully saturated rings. The van der Waals surface area contributed by atoms with Crippen molar-refractivity contribution in [3.05, 3.63) is 38.6 Å². The zero-order valence-electron chi connectivity index (χ0n) is 8.04. The van der Waals surface area contributed by atoms with Gasteiger partial charge in [-0.1, -0.05) is 17.7 Å². The number of hydrogen-bond acceptors (Lipinski definition) is 2. The third kappa shape index (κ3) is 1.74. The van der Waals surface area contributed by atoms with Crippen LogP contribution in [0.1, 0.15) is 11.1 Å². The highest BCUT2D eigenvalue weighted by molar-refractivity contribution is 9.11. The summed E-state index contributed by atoms with van der Waals surface area (Å²) in [6, 6.07) is 6.44. The van der Waals surface area contributed by atoms with Crippen LogP contribution in [-0.4, -0.2) is 4.98 Å². The number of halogens is 1. The van der Waals surface area contributed by atoms with E-state index in [1.165, 1.54) is 16.7 Å². The summed E-state index contributed by atoms with van der Waals surface area (Å²) in [5.74, 6) is 0. The third-order valence-corrected chi connectivity index (χ3v) is 3.72. The van der Waals surface area contributed by atoms with Crippen LogP contribution in [0, 0.1) is 13.8 Å². The van der Waals surface area contributed by atoms with Crippen molar-refractivity contribution >= 4 is 27.3 Å². The van der Waals surface area contributed by atoms with E-state index in [0.29, 0.717) is 0 Å². The Hall–Kier alpha value is -0.670. The lowest BCUT2D eigenvalue weighted by Crippen LogP contribution is -1.85. The molecule has 1 nitrogen and oxygen atoms in total. The van der Waals surface area contributed by atoms with Crippen molar-refractivity contribution in [3.8, 4) is 11.3 Å². The largest absolute Gasteiger partial charge is 0.243 e. The fraction of sp³-hybridized carbons (Fsp3) is 0.182. The maximum atomic E-state index is 4.36. The van der Waals surface area contributed by atoms with Gasteiger partial charge in [0.25, 0.3) is 0 Å². The normalized spacial score (nSPS) is 10.5. The predicted molar refractivity (Wildman–Crippen MR) is 64.7 cm³/mol. The summed E-state index contributed by atoms with van der Waals surface area (Å²) in [7, 11) is 0. The van der Waals surface area contributed by atoms with Gasteiger partial charge < -0.3 is 0 Å². The molecule has 1 aromatic carbocycles. The van der Waals surface area contributed by atoms with E-state index >= 15 is 0 Å². The SMILES string of the molecule is Cc1ccc(C)c(-c2ncsc2Br)c1. The molecule has 0 saturated heterocycles. The molecule has 14 heavy (non-hydrogen) atoms. The Labute approximate surface area is 95.9 Å². The molecule has 0 aliphatic heterocycles. The van der Waals surface area contributed by atoms with E-state index in [-0.39, 0.29) is 0 Å². The average Bonchev–Trinajstić information content (AvgIpc) is 2.56. The van der Waals surface area contributed by atoms with E-state index in [1.807, 2.05) is 5.51 Å². The summed E-state index contributed by atoms with van der Waals surface area (Å²) in [6.07, 6.45) is 0. The second-order valence-electron chi connectivity index (χ2n) is 3.29. The van der Waals surface area contributed by atoms with Gasteiger partial charge in [0.1, 0.15) is 0 Å². The van der Waals surface area contributed by atoms with Crippen molar-refractivity contribution < 1.29 is 0 Å². The van der Waals surface area contributed by atoms with Crippen molar-refractivity contribution in [1.29, 1.82) is 0 Å². The summed E-state index contributed by atoms with van der Waals surface area (Å²) >= 11 is 5.14. The number of nitrogens with zero attached hydrogens (tertiary/aromatic N) is 1. The summed E-state index contributed by atoms with van der Waals surface area (Å²) in [5.41, 5.74) is 6.67. The highest BCUT2D eigenvalue weighted by atomic mass is 79.9. The summed E-state index contributed by atoms with van der Waals surface area (Å²) in [6.45, 7) is 4.21. The summed E-state index contributed by atoms with van der Waals surface area (Å²) < 4.78 is 1.10. The average molecular weight is 268 g/mol. The number of aryl methyl sites for hydroxylation is 2. The lowest BCUT2D eigenvalue weighted by molar-refractivity contribution is 1.34. The minimum absolute atomic E-state index is 1.05. The van der Waals surface area contributed by atoms with Gasteiger partial charge in [-0.15, -0.1) is 11.3 Å². The van der Waals surface area contributed by atoms with Crippen molar-refractivity contribution in [2.75, 3.05) is 0 Å². The number of aromatic nitrogens is 1. The molecule has 3 heteroatoms. The molecule has 0 aliphatic rings. The fourth-order valence-electron chi connectivity index (χ4n) is 1.40. The van der Waals surface area contributed by atoms with Gasteiger partial charge in [-0.3, -0.25) is 0 Å². The van der Waals surface area contributed by atoms with Crippen LogP contribution in [0.15, 0.2) is 27.5 Å². The predicted octanol–water partition coefficient (Wildman–Crippen LogP) is 4.19. The Morgan fingerprint density at radius 1 is 1.29 bits per heavy atom. The van der Waals surface area contributed by atoms with E-state index in [1.54, 1.807) is 11.3 Å². The zero-order chi connectivity index (χ0) is 10.1. The maximum Gasteiger partial charge on any atom is 0.0976 e. The topological polar surface area (TPSA) is 12.9 Å². The number of hydrogen-bond donors (Lipinski definition) is 0. The van der Waals surface area contributed by atoms with Gasteiger partial charge in [-0.05, 0) is 41.4 Å². The first kappa shape index (κ1) is 9.87. The molecule has 0 N–H and O–H groups in total. The second kappa shape index (κ2) is 3.83. The van der Waals surface area contributed by atoms with Crippen LogP contribution in [0.4, 0.5) is 0 Å². The molecule has 0 spiro atoms. The first-order valence-corrected chi connectivity index (χ1v) is 6.02. The molecule has 0 amide bonds. The van der Waals surface area contributed by atoms with Gasteiger partial charge in [-0.25, -0.2) is 4.98 Å². The van der Waals surface area contributed by atoms with Crippen LogP contribution in [0.25, 0.3) is 11.3 Å². The van der Waals surface area contributed by atoms with Gasteiger partial charge in [-0.2, -0.15) is 0 Å². The minimum atomic E-state index is 1.05. The van der Waals surface area contributed by atoms with Gasteiger partial charge >= 0.3 is 0 Å². The van der Waals surface area contributed by atoms with Crippen molar-refractivity contribution in [1.82, 2.24) is 4.98 Å². The van der Waals surface area contributed by atoms with Crippen LogP contribution < -0.4 is 0 Å². The first-order valence-electron chi connectivity index (χ1n) is 4.35. The van der Waals surface area contributed by atoms with Crippen LogP contribution in [0.3, 0.4) is 0 Å². The number of benzene rings is 1. The Kier molecular flexibility index (Phi) is 2.70. The van der Waals surface area contributed by atoms with Gasteiger partial charge in [0.05, 0.1) is 15.0 Å². The molecule has 1 heterocycles. The van der Waals surface area contributed by atoms with Gasteiger partial charge in [0.15, 0.2) is 0 Å². The molecule has 0 bridgehead atoms. The molecule has 1 aromatic heterocycles. The quantitative estimate of drug-likeness (QED) is 0.755. The van der Waals surface area contributed by atoms with E-state index in [9.17, 15) is 0 Å². The van der Waals surface area contributed by atoms with E-state index < -0.39 is 0 Å². The molecular weight excluding hydrogens is 258 g/mol.